The van der Waals surface area contributed by atoms with E-state index in [-0.39, 0.29) is 35.0 Å². The number of hydrogen-bond acceptors (Lipinski definition) is 5. The van der Waals surface area contributed by atoms with Crippen LogP contribution in [0.25, 0.3) is 0 Å². The number of urea groups is 1. The Hall–Kier alpha value is -3.01. The van der Waals surface area contributed by atoms with E-state index in [1.54, 1.807) is 15.5 Å². The molecule has 0 saturated carbocycles. The molecule has 2 aliphatic heterocycles. The molecular weight excluding hydrogens is 448 g/mol. The van der Waals surface area contributed by atoms with Crippen LogP contribution in [-0.4, -0.2) is 55.9 Å². The highest BCUT2D eigenvalue weighted by molar-refractivity contribution is 6.31. The molecule has 0 aliphatic carbocycles. The lowest BCUT2D eigenvalue weighted by Crippen LogP contribution is -2.46. The molecule has 1 saturated heterocycles. The molecule has 1 aromatic heterocycles. The number of anilines is 1. The zero-order valence-electron chi connectivity index (χ0n) is 18.4. The number of benzene rings is 1. The quantitative estimate of drug-likeness (QED) is 0.436. The van der Waals surface area contributed by atoms with Crippen LogP contribution in [-0.2, 0) is 24.3 Å². The number of aromatic hydroxyl groups is 1. The number of amides is 3. The van der Waals surface area contributed by atoms with E-state index in [2.05, 4.69) is 15.7 Å². The van der Waals surface area contributed by atoms with Gasteiger partial charge in [-0.15, -0.1) is 0 Å². The van der Waals surface area contributed by atoms with Crippen molar-refractivity contribution < 1.29 is 14.7 Å². The number of piperidine rings is 1. The molecule has 3 N–H and O–H groups in total. The molecule has 0 spiro atoms. The minimum atomic E-state index is -0.244. The van der Waals surface area contributed by atoms with Crippen molar-refractivity contribution in [1.29, 1.82) is 0 Å². The van der Waals surface area contributed by atoms with E-state index < -0.39 is 0 Å². The van der Waals surface area contributed by atoms with Gasteiger partial charge in [0.25, 0.3) is 0 Å². The zero-order valence-corrected chi connectivity index (χ0v) is 19.2. The van der Waals surface area contributed by atoms with Crippen molar-refractivity contribution in [2.45, 2.75) is 51.6 Å². The van der Waals surface area contributed by atoms with Gasteiger partial charge in [0.15, 0.2) is 0 Å². The smallest absolute Gasteiger partial charge is 0.345 e. The predicted octanol–water partition coefficient (Wildman–Crippen LogP) is 2.19. The SMILES string of the molecule is O=C(Nc1cc(Cl)ccc1O)C1CCN(C(=O)NCCCn2nc3n(c2=O)CCCC3)CC1. The molecule has 0 bridgehead atoms. The third-order valence-corrected chi connectivity index (χ3v) is 6.46. The number of aromatic nitrogens is 3. The van der Waals surface area contributed by atoms with Crippen LogP contribution >= 0.6 is 11.6 Å². The second-order valence-corrected chi connectivity index (χ2v) is 8.96. The Labute approximate surface area is 196 Å². The van der Waals surface area contributed by atoms with Gasteiger partial charge in [0, 0.05) is 50.1 Å². The summed E-state index contributed by atoms with van der Waals surface area (Å²) in [6, 6.07) is 4.31. The van der Waals surface area contributed by atoms with Gasteiger partial charge in [0.05, 0.1) is 5.69 Å². The summed E-state index contributed by atoms with van der Waals surface area (Å²) in [6.45, 7) is 2.59. The first kappa shape index (κ1) is 23.2. The number of carbonyl (C=O) groups excluding carboxylic acids is 2. The maximum absolute atomic E-state index is 12.5. The van der Waals surface area contributed by atoms with Crippen LogP contribution in [0.5, 0.6) is 5.75 Å². The van der Waals surface area contributed by atoms with E-state index in [9.17, 15) is 19.5 Å². The maximum Gasteiger partial charge on any atom is 0.345 e. The second kappa shape index (κ2) is 10.3. The Bertz CT molecular complexity index is 1070. The molecule has 0 radical (unpaired) electrons. The molecule has 0 unspecified atom stereocenters. The Morgan fingerprint density at radius 1 is 1.18 bits per heavy atom. The zero-order chi connectivity index (χ0) is 23.4. The Morgan fingerprint density at radius 3 is 2.73 bits per heavy atom. The van der Waals surface area contributed by atoms with Gasteiger partial charge in [0.2, 0.25) is 5.91 Å². The fourth-order valence-electron chi connectivity index (χ4n) is 4.32. The summed E-state index contributed by atoms with van der Waals surface area (Å²) in [7, 11) is 0. The first-order valence-electron chi connectivity index (χ1n) is 11.4. The van der Waals surface area contributed by atoms with Crippen LogP contribution in [0, 0.1) is 5.92 Å². The lowest BCUT2D eigenvalue weighted by Gasteiger charge is -2.31. The van der Waals surface area contributed by atoms with Gasteiger partial charge in [-0.1, -0.05) is 11.6 Å². The number of phenolic OH excluding ortho intramolecular Hbond substituents is 1. The number of carbonyl (C=O) groups is 2. The number of phenols is 1. The fourth-order valence-corrected chi connectivity index (χ4v) is 4.49. The summed E-state index contributed by atoms with van der Waals surface area (Å²) in [5.41, 5.74) is 0.216. The number of nitrogens with one attached hydrogen (secondary N) is 2. The molecule has 178 valence electrons. The van der Waals surface area contributed by atoms with Gasteiger partial charge in [-0.05, 0) is 50.3 Å². The van der Waals surface area contributed by atoms with Crippen molar-refractivity contribution in [3.05, 3.63) is 39.5 Å². The molecule has 3 amide bonds. The maximum atomic E-state index is 12.5. The molecule has 2 aliphatic rings. The Kier molecular flexibility index (Phi) is 7.22. The van der Waals surface area contributed by atoms with E-state index in [4.69, 9.17) is 11.6 Å². The third-order valence-electron chi connectivity index (χ3n) is 6.22. The molecular formula is C22H29ClN6O4. The second-order valence-electron chi connectivity index (χ2n) is 8.53. The van der Waals surface area contributed by atoms with Crippen LogP contribution in [0.1, 0.15) is 37.9 Å². The predicted molar refractivity (Wildman–Crippen MR) is 123 cm³/mol. The van der Waals surface area contributed by atoms with E-state index in [0.29, 0.717) is 50.5 Å². The average molecular weight is 477 g/mol. The van der Waals surface area contributed by atoms with E-state index in [1.807, 2.05) is 0 Å². The number of halogens is 1. The third kappa shape index (κ3) is 5.50. The van der Waals surface area contributed by atoms with Crippen molar-refractivity contribution in [1.82, 2.24) is 24.6 Å². The van der Waals surface area contributed by atoms with Crippen molar-refractivity contribution in [3.63, 3.8) is 0 Å². The number of rotatable bonds is 6. The highest BCUT2D eigenvalue weighted by Gasteiger charge is 2.27. The summed E-state index contributed by atoms with van der Waals surface area (Å²) in [6.07, 6.45) is 4.60. The van der Waals surface area contributed by atoms with Crippen molar-refractivity contribution in [2.24, 2.45) is 5.92 Å². The minimum absolute atomic E-state index is 0.0393. The molecule has 10 nitrogen and oxygen atoms in total. The van der Waals surface area contributed by atoms with Crippen molar-refractivity contribution in [2.75, 3.05) is 25.0 Å². The van der Waals surface area contributed by atoms with Gasteiger partial charge in [-0.2, -0.15) is 5.10 Å². The Morgan fingerprint density at radius 2 is 1.97 bits per heavy atom. The average Bonchev–Trinajstić information content (AvgIpc) is 3.14. The number of nitrogens with zero attached hydrogens (tertiary/aromatic N) is 4. The molecule has 3 heterocycles. The van der Waals surface area contributed by atoms with E-state index in [1.165, 1.54) is 16.8 Å². The number of aryl methyl sites for hydroxylation is 2. The van der Waals surface area contributed by atoms with Gasteiger partial charge in [0.1, 0.15) is 11.6 Å². The highest BCUT2D eigenvalue weighted by Crippen LogP contribution is 2.28. The molecule has 4 rings (SSSR count). The lowest BCUT2D eigenvalue weighted by molar-refractivity contribution is -0.121. The number of fused-ring (bicyclic) bond motifs is 1. The van der Waals surface area contributed by atoms with E-state index >= 15 is 0 Å². The molecule has 11 heteroatoms. The first-order valence-corrected chi connectivity index (χ1v) is 11.8. The monoisotopic (exact) mass is 476 g/mol. The van der Waals surface area contributed by atoms with Gasteiger partial charge < -0.3 is 20.6 Å². The fraction of sp³-hybridized carbons (Fsp3) is 0.545. The molecule has 0 atom stereocenters. The summed E-state index contributed by atoms with van der Waals surface area (Å²) >= 11 is 5.92. The number of likely N-dealkylation sites (tertiary alicyclic amines) is 1. The van der Waals surface area contributed by atoms with Gasteiger partial charge in [-0.3, -0.25) is 9.36 Å². The van der Waals surface area contributed by atoms with E-state index in [0.717, 1.165) is 31.6 Å². The molecule has 2 aromatic rings. The van der Waals surface area contributed by atoms with Crippen LogP contribution in [0.15, 0.2) is 23.0 Å². The van der Waals surface area contributed by atoms with Gasteiger partial charge >= 0.3 is 11.7 Å². The largest absolute Gasteiger partial charge is 0.506 e. The molecule has 1 aromatic carbocycles. The molecule has 33 heavy (non-hydrogen) atoms. The van der Waals surface area contributed by atoms with Crippen LogP contribution < -0.4 is 16.3 Å². The normalized spacial score (nSPS) is 16.3. The summed E-state index contributed by atoms with van der Waals surface area (Å²) < 4.78 is 3.24. The van der Waals surface area contributed by atoms with Crippen LogP contribution in [0.2, 0.25) is 5.02 Å². The topological polar surface area (TPSA) is 121 Å². The lowest BCUT2D eigenvalue weighted by atomic mass is 9.96. The van der Waals surface area contributed by atoms with Crippen LogP contribution in [0.3, 0.4) is 0 Å². The van der Waals surface area contributed by atoms with Crippen LogP contribution in [0.4, 0.5) is 10.5 Å². The summed E-state index contributed by atoms with van der Waals surface area (Å²) in [5.74, 6) is 0.377. The number of hydrogen-bond donors (Lipinski definition) is 3. The van der Waals surface area contributed by atoms with Crippen molar-refractivity contribution >= 4 is 29.2 Å². The minimum Gasteiger partial charge on any atom is -0.506 e. The Balaban J connectivity index is 1.18. The summed E-state index contributed by atoms with van der Waals surface area (Å²) in [4.78, 5) is 39.0. The summed E-state index contributed by atoms with van der Waals surface area (Å²) in [5, 5.41) is 20.3. The molecule has 1 fully saturated rings. The first-order chi connectivity index (χ1) is 15.9. The highest BCUT2D eigenvalue weighted by atomic mass is 35.5. The van der Waals surface area contributed by atoms with Gasteiger partial charge in [-0.25, -0.2) is 14.3 Å². The van der Waals surface area contributed by atoms with Crippen molar-refractivity contribution in [3.8, 4) is 5.75 Å². The standard InChI is InChI=1S/C22H29ClN6O4/c23-16-5-6-18(30)17(14-16)25-20(31)15-7-12-27(13-8-15)21(32)24-9-3-11-29-22(33)28-10-2-1-4-19(28)26-29/h5-6,14-15,30H,1-4,7-13H2,(H,24,32)(H,25,31).